The smallest absolute Gasteiger partial charge is 0.311 e. The van der Waals surface area contributed by atoms with Crippen molar-refractivity contribution in [3.05, 3.63) is 68.8 Å². The van der Waals surface area contributed by atoms with Gasteiger partial charge in [0.15, 0.2) is 0 Å². The summed E-state index contributed by atoms with van der Waals surface area (Å²) < 4.78 is 7.15. The lowest BCUT2D eigenvalue weighted by atomic mass is 9.76. The Balaban J connectivity index is 1.52. The predicted molar refractivity (Wildman–Crippen MR) is 125 cm³/mol. The molecule has 2 fully saturated rings. The van der Waals surface area contributed by atoms with Crippen molar-refractivity contribution in [3.8, 4) is 0 Å². The Kier molecular flexibility index (Phi) is 6.60. The van der Waals surface area contributed by atoms with Gasteiger partial charge in [-0.2, -0.15) is 0 Å². The standard InChI is InChI=1S/C25H30INO2/c1-3-18-9-10-19(15-22(18)26)21-16-20-11-12-23(27(20)2)24(21)25(28)29-14-13-17-7-5-4-6-8-17/h4-10,15,20-21,23-24H,3,11-14,16H2,1-2H3. The van der Waals surface area contributed by atoms with E-state index in [0.29, 0.717) is 18.7 Å². The fraction of sp³-hybridized carbons (Fsp3) is 0.480. The van der Waals surface area contributed by atoms with Crippen LogP contribution in [0.1, 0.15) is 48.8 Å². The van der Waals surface area contributed by atoms with Crippen LogP contribution in [0.4, 0.5) is 0 Å². The number of nitrogens with zero attached hydrogens (tertiary/aromatic N) is 1. The summed E-state index contributed by atoms with van der Waals surface area (Å²) in [5.74, 6) is 0.169. The second kappa shape index (κ2) is 9.17. The number of benzene rings is 2. The summed E-state index contributed by atoms with van der Waals surface area (Å²) >= 11 is 2.44. The van der Waals surface area contributed by atoms with Gasteiger partial charge in [0.2, 0.25) is 0 Å². The van der Waals surface area contributed by atoms with Gasteiger partial charge in [-0.15, -0.1) is 0 Å². The first-order chi connectivity index (χ1) is 14.1. The largest absolute Gasteiger partial charge is 0.465 e. The highest BCUT2D eigenvalue weighted by atomic mass is 127. The molecule has 29 heavy (non-hydrogen) atoms. The SMILES string of the molecule is CCc1ccc(C2CC3CCC(C2C(=O)OCCc2ccccc2)N3C)cc1I. The maximum absolute atomic E-state index is 13.3. The molecule has 0 spiro atoms. The van der Waals surface area contributed by atoms with E-state index in [1.807, 2.05) is 18.2 Å². The lowest BCUT2D eigenvalue weighted by Gasteiger charge is -2.42. The molecule has 2 aliphatic heterocycles. The number of piperidine rings is 1. The molecule has 4 rings (SSSR count). The minimum absolute atomic E-state index is 0.0160. The molecule has 0 aliphatic carbocycles. The first-order valence-corrected chi connectivity index (χ1v) is 11.9. The Morgan fingerprint density at radius 1 is 1.17 bits per heavy atom. The molecule has 154 valence electrons. The van der Waals surface area contributed by atoms with Crippen molar-refractivity contribution in [1.29, 1.82) is 0 Å². The molecule has 4 heteroatoms. The van der Waals surface area contributed by atoms with Gasteiger partial charge < -0.3 is 4.74 Å². The van der Waals surface area contributed by atoms with Gasteiger partial charge in [-0.1, -0.05) is 49.4 Å². The third kappa shape index (κ3) is 4.38. The van der Waals surface area contributed by atoms with E-state index < -0.39 is 0 Å². The van der Waals surface area contributed by atoms with Crippen LogP contribution < -0.4 is 0 Å². The van der Waals surface area contributed by atoms with Crippen LogP contribution in [0.3, 0.4) is 0 Å². The van der Waals surface area contributed by atoms with Crippen molar-refractivity contribution in [2.75, 3.05) is 13.7 Å². The minimum Gasteiger partial charge on any atom is -0.465 e. The summed E-state index contributed by atoms with van der Waals surface area (Å²) in [6, 6.07) is 17.9. The molecule has 2 aromatic carbocycles. The van der Waals surface area contributed by atoms with Gasteiger partial charge in [-0.25, -0.2) is 0 Å². The molecule has 4 atom stereocenters. The molecule has 0 radical (unpaired) electrons. The van der Waals surface area contributed by atoms with Crippen molar-refractivity contribution in [2.24, 2.45) is 5.92 Å². The first kappa shape index (κ1) is 20.9. The number of halogens is 1. The quantitative estimate of drug-likeness (QED) is 0.401. The average Bonchev–Trinajstić information content (AvgIpc) is 2.96. The van der Waals surface area contributed by atoms with Crippen LogP contribution in [0.25, 0.3) is 0 Å². The molecule has 2 saturated heterocycles. The van der Waals surface area contributed by atoms with E-state index in [1.54, 1.807) is 0 Å². The highest BCUT2D eigenvalue weighted by Gasteiger charge is 2.49. The van der Waals surface area contributed by atoms with Crippen LogP contribution in [0.2, 0.25) is 0 Å². The molecule has 2 aliphatic rings. The van der Waals surface area contributed by atoms with Gasteiger partial charge in [0.1, 0.15) is 0 Å². The maximum Gasteiger partial charge on any atom is 0.311 e. The Morgan fingerprint density at radius 3 is 2.69 bits per heavy atom. The fourth-order valence-electron chi connectivity index (χ4n) is 5.22. The molecule has 0 N–H and O–H groups in total. The van der Waals surface area contributed by atoms with Crippen molar-refractivity contribution in [3.63, 3.8) is 0 Å². The van der Waals surface area contributed by atoms with Gasteiger partial charge in [0.25, 0.3) is 0 Å². The van der Waals surface area contributed by atoms with Crippen molar-refractivity contribution in [2.45, 2.75) is 57.0 Å². The van der Waals surface area contributed by atoms with E-state index in [9.17, 15) is 4.79 Å². The molecule has 2 bridgehead atoms. The third-order valence-corrected chi connectivity index (χ3v) is 7.91. The Hall–Kier alpha value is -1.40. The number of hydrogen-bond acceptors (Lipinski definition) is 3. The summed E-state index contributed by atoms with van der Waals surface area (Å²) in [5, 5.41) is 0. The van der Waals surface area contributed by atoms with E-state index >= 15 is 0 Å². The maximum atomic E-state index is 13.3. The summed E-state index contributed by atoms with van der Waals surface area (Å²) in [5.41, 5.74) is 3.90. The normalized spacial score (nSPS) is 26.4. The number of hydrogen-bond donors (Lipinski definition) is 0. The molecule has 0 amide bonds. The first-order valence-electron chi connectivity index (χ1n) is 10.8. The monoisotopic (exact) mass is 503 g/mol. The zero-order chi connectivity index (χ0) is 20.4. The number of esters is 1. The second-order valence-corrected chi connectivity index (χ2v) is 9.60. The van der Waals surface area contributed by atoms with E-state index in [0.717, 1.165) is 25.7 Å². The van der Waals surface area contributed by atoms with Crippen LogP contribution in [0, 0.1) is 9.49 Å². The zero-order valence-corrected chi connectivity index (χ0v) is 19.5. The van der Waals surface area contributed by atoms with E-state index in [-0.39, 0.29) is 17.8 Å². The third-order valence-electron chi connectivity index (χ3n) is 6.91. The van der Waals surface area contributed by atoms with E-state index in [2.05, 4.69) is 71.8 Å². The van der Waals surface area contributed by atoms with Gasteiger partial charge in [-0.3, -0.25) is 9.69 Å². The molecule has 0 aromatic heterocycles. The van der Waals surface area contributed by atoms with Crippen molar-refractivity contribution >= 4 is 28.6 Å². The summed E-state index contributed by atoms with van der Waals surface area (Å²) in [6.45, 7) is 2.65. The van der Waals surface area contributed by atoms with Gasteiger partial charge >= 0.3 is 5.97 Å². The van der Waals surface area contributed by atoms with Crippen LogP contribution in [-0.4, -0.2) is 36.6 Å². The molecule has 3 nitrogen and oxygen atoms in total. The highest BCUT2D eigenvalue weighted by molar-refractivity contribution is 14.1. The van der Waals surface area contributed by atoms with E-state index in [1.165, 1.54) is 26.7 Å². The number of fused-ring (bicyclic) bond motifs is 2. The number of aryl methyl sites for hydroxylation is 1. The predicted octanol–water partition coefficient (Wildman–Crippen LogP) is 5.21. The lowest BCUT2D eigenvalue weighted by Crippen LogP contribution is -2.49. The Labute approximate surface area is 188 Å². The highest BCUT2D eigenvalue weighted by Crippen LogP contribution is 2.47. The van der Waals surface area contributed by atoms with Gasteiger partial charge in [0, 0.05) is 28.0 Å². The molecule has 4 unspecified atom stereocenters. The van der Waals surface area contributed by atoms with Gasteiger partial charge in [0.05, 0.1) is 12.5 Å². The fourth-order valence-corrected chi connectivity index (χ4v) is 6.14. The second-order valence-electron chi connectivity index (χ2n) is 8.44. The number of carbonyl (C=O) groups excluding carboxylic acids is 1. The molecular formula is C25H30INO2. The molecule has 0 saturated carbocycles. The summed E-state index contributed by atoms with van der Waals surface area (Å²) in [7, 11) is 2.19. The zero-order valence-electron chi connectivity index (χ0n) is 17.3. The van der Waals surface area contributed by atoms with Gasteiger partial charge in [-0.05, 0) is 78.1 Å². The lowest BCUT2D eigenvalue weighted by molar-refractivity contribution is -0.153. The van der Waals surface area contributed by atoms with Crippen LogP contribution >= 0.6 is 22.6 Å². The number of ether oxygens (including phenoxy) is 1. The van der Waals surface area contributed by atoms with Crippen LogP contribution in [0.15, 0.2) is 48.5 Å². The average molecular weight is 503 g/mol. The molecular weight excluding hydrogens is 473 g/mol. The molecule has 2 heterocycles. The summed E-state index contributed by atoms with van der Waals surface area (Å²) in [6.07, 6.45) is 5.15. The summed E-state index contributed by atoms with van der Waals surface area (Å²) in [4.78, 5) is 15.7. The van der Waals surface area contributed by atoms with E-state index in [4.69, 9.17) is 4.74 Å². The topological polar surface area (TPSA) is 29.5 Å². The number of carbonyl (C=O) groups is 1. The Morgan fingerprint density at radius 2 is 1.97 bits per heavy atom. The van der Waals surface area contributed by atoms with Crippen LogP contribution in [0.5, 0.6) is 0 Å². The van der Waals surface area contributed by atoms with Crippen molar-refractivity contribution < 1.29 is 9.53 Å². The minimum atomic E-state index is -0.0715. The number of rotatable bonds is 6. The van der Waals surface area contributed by atoms with Crippen molar-refractivity contribution in [1.82, 2.24) is 4.90 Å². The van der Waals surface area contributed by atoms with Crippen LogP contribution in [-0.2, 0) is 22.4 Å². The Bertz CT molecular complexity index is 853. The molecule has 2 aromatic rings.